The van der Waals surface area contributed by atoms with Crippen LogP contribution in [0.3, 0.4) is 0 Å². The van der Waals surface area contributed by atoms with Gasteiger partial charge in [0.05, 0.1) is 75.6 Å². The summed E-state index contributed by atoms with van der Waals surface area (Å²) >= 11 is 1.18. The second kappa shape index (κ2) is 32.8. The molecule has 2 aromatic rings. The van der Waals surface area contributed by atoms with Crippen LogP contribution in [0.15, 0.2) is 115 Å². The zero-order chi connectivity index (χ0) is 62.6. The molecule has 0 spiro atoms. The van der Waals surface area contributed by atoms with Gasteiger partial charge in [-0.2, -0.15) is 0 Å². The minimum Gasteiger partial charge on any atom is -0.497 e. The highest BCUT2D eigenvalue weighted by Crippen LogP contribution is 2.52. The van der Waals surface area contributed by atoms with Crippen LogP contribution >= 0.6 is 11.8 Å². The van der Waals surface area contributed by atoms with Crippen molar-refractivity contribution in [2.45, 2.75) is 218 Å². The Kier molecular flexibility index (Phi) is 27.3. The summed E-state index contributed by atoms with van der Waals surface area (Å²) in [5.41, 5.74) is 1.06. The number of ether oxygens (including phenoxy) is 12. The van der Waals surface area contributed by atoms with Crippen LogP contribution in [-0.4, -0.2) is 135 Å². The van der Waals surface area contributed by atoms with Gasteiger partial charge in [0.1, 0.15) is 18.6 Å². The van der Waals surface area contributed by atoms with Gasteiger partial charge in [-0.05, 0) is 61.4 Å². The summed E-state index contributed by atoms with van der Waals surface area (Å²) in [7, 11) is 5.91. The number of thioether (sulfide) groups is 1. The van der Waals surface area contributed by atoms with Gasteiger partial charge >= 0.3 is 17.9 Å². The summed E-state index contributed by atoms with van der Waals surface area (Å²) in [5.74, 6) is -4.34. The number of methoxy groups -OCH3 is 4. The second-order valence-electron chi connectivity index (χ2n) is 24.4. The van der Waals surface area contributed by atoms with Gasteiger partial charge in [-0.3, -0.25) is 9.59 Å². The van der Waals surface area contributed by atoms with Crippen molar-refractivity contribution >= 4 is 34.8 Å². The molecule has 0 saturated carbocycles. The minimum absolute atomic E-state index is 0.0236. The van der Waals surface area contributed by atoms with E-state index in [-0.39, 0.29) is 61.8 Å². The van der Waals surface area contributed by atoms with Crippen molar-refractivity contribution in [1.82, 2.24) is 0 Å². The number of carbonyl (C=O) groups is 4. The molecule has 85 heavy (non-hydrogen) atoms. The quantitative estimate of drug-likeness (QED) is 0.0147. The summed E-state index contributed by atoms with van der Waals surface area (Å²) in [6.07, 6.45) is 8.68. The molecule has 3 fully saturated rings. The van der Waals surface area contributed by atoms with E-state index in [9.17, 15) is 24.3 Å². The first-order valence-corrected chi connectivity index (χ1v) is 30.4. The van der Waals surface area contributed by atoms with Crippen molar-refractivity contribution in [3.05, 3.63) is 126 Å². The summed E-state index contributed by atoms with van der Waals surface area (Å²) < 4.78 is 75.8. The van der Waals surface area contributed by atoms with Gasteiger partial charge in [0, 0.05) is 75.6 Å². The molecular weight excluding hydrogens is 1110 g/mol. The molecule has 3 aliphatic heterocycles. The Morgan fingerprint density at radius 3 is 2.18 bits per heavy atom. The summed E-state index contributed by atoms with van der Waals surface area (Å²) in [4.78, 5) is 53.0. The lowest BCUT2D eigenvalue weighted by atomic mass is 9.70. The van der Waals surface area contributed by atoms with Crippen molar-refractivity contribution in [3.63, 3.8) is 0 Å². The lowest BCUT2D eigenvalue weighted by molar-refractivity contribution is -0.358. The Labute approximate surface area is 509 Å². The molecule has 11 atom stereocenters. The molecule has 0 radical (unpaired) electrons. The topological polar surface area (TPSA) is 199 Å². The average Bonchev–Trinajstić information content (AvgIpc) is 3.61. The van der Waals surface area contributed by atoms with Gasteiger partial charge in [0.15, 0.2) is 17.0 Å². The normalized spacial score (nSPS) is 26.3. The molecule has 0 bridgehead atoms. The molecule has 0 aromatic heterocycles. The van der Waals surface area contributed by atoms with Crippen molar-refractivity contribution in [1.29, 1.82) is 0 Å². The van der Waals surface area contributed by atoms with Crippen molar-refractivity contribution in [3.8, 4) is 5.75 Å². The summed E-state index contributed by atoms with van der Waals surface area (Å²) in [6, 6.07) is 17.4. The first-order chi connectivity index (χ1) is 40.2. The van der Waals surface area contributed by atoms with E-state index in [0.717, 1.165) is 29.5 Å². The molecule has 0 amide bonds. The zero-order valence-corrected chi connectivity index (χ0v) is 53.5. The van der Waals surface area contributed by atoms with Crippen LogP contribution in [0, 0.1) is 10.8 Å². The number of aliphatic hydroxyl groups is 1. The van der Waals surface area contributed by atoms with Gasteiger partial charge < -0.3 is 61.9 Å². The van der Waals surface area contributed by atoms with Crippen LogP contribution in [0.2, 0.25) is 0 Å². The van der Waals surface area contributed by atoms with Crippen molar-refractivity contribution < 1.29 is 81.1 Å². The highest BCUT2D eigenvalue weighted by Gasteiger charge is 2.61. The smallest absolute Gasteiger partial charge is 0.331 e. The van der Waals surface area contributed by atoms with E-state index in [2.05, 4.69) is 13.5 Å². The fourth-order valence-corrected chi connectivity index (χ4v) is 12.2. The van der Waals surface area contributed by atoms with Gasteiger partial charge in [0.25, 0.3) is 0 Å². The molecule has 3 aliphatic rings. The molecule has 18 heteroatoms. The third kappa shape index (κ3) is 20.8. The van der Waals surface area contributed by atoms with E-state index in [1.807, 2.05) is 128 Å². The van der Waals surface area contributed by atoms with E-state index in [4.69, 9.17) is 56.8 Å². The number of aliphatic hydroxyl groups excluding tert-OH is 1. The molecule has 2 aromatic carbocycles. The number of esters is 3. The highest BCUT2D eigenvalue weighted by molar-refractivity contribution is 8.14. The van der Waals surface area contributed by atoms with E-state index >= 15 is 0 Å². The van der Waals surface area contributed by atoms with Crippen LogP contribution in [0.25, 0.3) is 0 Å². The fourth-order valence-electron chi connectivity index (χ4n) is 11.2. The molecular formula is C67H96O17S. The third-order valence-electron chi connectivity index (χ3n) is 15.7. The van der Waals surface area contributed by atoms with Gasteiger partial charge in [0.2, 0.25) is 5.79 Å². The average molecular weight is 1210 g/mol. The number of rotatable bonds is 30. The Hall–Kier alpha value is -4.99. The molecule has 5 rings (SSSR count). The lowest BCUT2D eigenvalue weighted by Crippen LogP contribution is -2.63. The number of unbranched alkanes of at least 4 members (excludes halogenated alkanes) is 1. The number of hydrogen-bond acceptors (Lipinski definition) is 18. The molecule has 3 heterocycles. The third-order valence-corrected chi connectivity index (χ3v) is 16.7. The first-order valence-electron chi connectivity index (χ1n) is 29.6. The Morgan fingerprint density at radius 1 is 0.835 bits per heavy atom. The molecule has 0 aliphatic carbocycles. The van der Waals surface area contributed by atoms with Crippen LogP contribution in [0.1, 0.15) is 145 Å². The predicted octanol–water partition coefficient (Wildman–Crippen LogP) is 12.0. The Balaban J connectivity index is 1.50. The largest absolute Gasteiger partial charge is 0.497 e. The fraction of sp³-hybridized carbons (Fsp3) is 0.612. The molecule has 472 valence electrons. The van der Waals surface area contributed by atoms with E-state index in [1.165, 1.54) is 45.1 Å². The lowest BCUT2D eigenvalue weighted by Gasteiger charge is -2.55. The molecule has 1 unspecified atom stereocenters. The van der Waals surface area contributed by atoms with Crippen LogP contribution in [-0.2, 0) is 84.5 Å². The van der Waals surface area contributed by atoms with Crippen LogP contribution < -0.4 is 4.74 Å². The van der Waals surface area contributed by atoms with E-state index in [1.54, 1.807) is 26.4 Å². The maximum Gasteiger partial charge on any atom is 0.331 e. The SMILES string of the molecule is C=C1C[C@@H](C[C@]2(OC)O[C@H](CC(O)CC(=O)SC(C)(C)C)C[C@H](OC(C)=O)C2(C)C)O[C@@H](C=CC(C)(C)[C@]2(OC)O[C@H](C[C@@H](OCc3ccc(OC)cc3)[C@@H](C)OCOCc3ccccc3)CC(=CC(=O)OC)[C@@H]2OC(=O)C=CC=CCCC)C1. The summed E-state index contributed by atoms with van der Waals surface area (Å²) in [5, 5.41) is 11.1. The molecule has 17 nitrogen and oxygen atoms in total. The highest BCUT2D eigenvalue weighted by atomic mass is 32.2. The van der Waals surface area contributed by atoms with E-state index < -0.39 is 95.2 Å². The molecule has 1 N–H and O–H groups in total. The van der Waals surface area contributed by atoms with E-state index in [0.29, 0.717) is 30.8 Å². The Morgan fingerprint density at radius 2 is 1.54 bits per heavy atom. The monoisotopic (exact) mass is 1200 g/mol. The Bertz CT molecular complexity index is 2590. The standard InChI is InChI=1S/C67H96O17S/c1-16-17-18-19-23-26-59(70)82-62-50(36-60(71)74-13)35-54(39-57(78-43-49-27-29-52(73-12)30-28-49)46(3)79-44-77-42-48-24-21-20-22-25-48)84-67(62,76-15)64(8,9)32-31-53-33-45(2)34-56(81-53)41-66(75-14)65(10,11)58(80-47(4)68)40-55(83-66)37-51(69)38-61(72)85-63(5,6)7/h18-32,36,46,51,53-58,62,69H,2,16-17,33-35,37-44H2,1,3-15H3/t46-,51?,53+,54+,55-,56+,57-,58+,62+,66+,67-/m1/s1. The number of carbonyl (C=O) groups excluding carboxylic acids is 4. The van der Waals surface area contributed by atoms with Gasteiger partial charge in [-0.15, -0.1) is 0 Å². The molecule has 3 saturated heterocycles. The first kappa shape index (κ1) is 70.8. The maximum absolute atomic E-state index is 14.0. The van der Waals surface area contributed by atoms with Crippen molar-refractivity contribution in [2.24, 2.45) is 10.8 Å². The number of allylic oxidation sites excluding steroid dienone is 3. The number of hydrogen-bond donors (Lipinski definition) is 1. The van der Waals surface area contributed by atoms with Gasteiger partial charge in [-0.25, -0.2) is 9.59 Å². The number of benzene rings is 2. The minimum atomic E-state index is -1.82. The predicted molar refractivity (Wildman–Crippen MR) is 326 cm³/mol. The van der Waals surface area contributed by atoms with Crippen LogP contribution in [0.4, 0.5) is 0 Å². The maximum atomic E-state index is 14.0. The van der Waals surface area contributed by atoms with Gasteiger partial charge in [-0.1, -0.05) is 159 Å². The summed E-state index contributed by atoms with van der Waals surface area (Å²) in [6.45, 7) is 23.8. The zero-order valence-electron chi connectivity index (χ0n) is 52.7. The van der Waals surface area contributed by atoms with Crippen LogP contribution in [0.5, 0.6) is 5.75 Å². The second-order valence-corrected chi connectivity index (χ2v) is 26.3. The van der Waals surface area contributed by atoms with Crippen molar-refractivity contribution in [2.75, 3.05) is 35.2 Å².